The number of urea groups is 1. The molecule has 0 aliphatic carbocycles. The maximum atomic E-state index is 12.3. The lowest BCUT2D eigenvalue weighted by Crippen LogP contribution is -2.47. The van der Waals surface area contributed by atoms with Crippen molar-refractivity contribution in [3.05, 3.63) is 48.0 Å². The van der Waals surface area contributed by atoms with Crippen LogP contribution in [0, 0.1) is 0 Å². The fraction of sp³-hybridized carbons (Fsp3) is 0.381. The van der Waals surface area contributed by atoms with E-state index in [4.69, 9.17) is 14.2 Å². The number of ether oxygens (including phenoxy) is 3. The molecule has 0 bridgehead atoms. The molecule has 0 aromatic heterocycles. The molecule has 2 heterocycles. The predicted octanol–water partition coefficient (Wildman–Crippen LogP) is 2.54. The molecule has 2 amide bonds. The SMILES string of the molecule is CS(=O)(=O)N1CCC(NC(=O)Nc2cccc(COc3ccc4c(c3)OCO4)c2)CC1. The fourth-order valence-corrected chi connectivity index (χ4v) is 4.43. The molecular weight excluding hydrogens is 422 g/mol. The van der Waals surface area contributed by atoms with E-state index in [0.717, 1.165) is 5.56 Å². The van der Waals surface area contributed by atoms with Crippen LogP contribution >= 0.6 is 0 Å². The van der Waals surface area contributed by atoms with Crippen LogP contribution in [0.25, 0.3) is 0 Å². The van der Waals surface area contributed by atoms with Crippen LogP contribution in [0.3, 0.4) is 0 Å². The largest absolute Gasteiger partial charge is 0.489 e. The second-order valence-corrected chi connectivity index (χ2v) is 9.52. The highest BCUT2D eigenvalue weighted by molar-refractivity contribution is 7.88. The second kappa shape index (κ2) is 9.03. The van der Waals surface area contributed by atoms with Crippen LogP contribution in [0.2, 0.25) is 0 Å². The van der Waals surface area contributed by atoms with Gasteiger partial charge in [-0.1, -0.05) is 12.1 Å². The number of nitrogens with one attached hydrogen (secondary N) is 2. The summed E-state index contributed by atoms with van der Waals surface area (Å²) in [4.78, 5) is 12.3. The molecule has 2 aliphatic rings. The van der Waals surface area contributed by atoms with E-state index in [9.17, 15) is 13.2 Å². The summed E-state index contributed by atoms with van der Waals surface area (Å²) in [7, 11) is -3.18. The van der Waals surface area contributed by atoms with Crippen LogP contribution in [0.15, 0.2) is 42.5 Å². The Bertz CT molecular complexity index is 1050. The van der Waals surface area contributed by atoms with Crippen LogP contribution in [0.5, 0.6) is 17.2 Å². The van der Waals surface area contributed by atoms with Gasteiger partial charge in [0.2, 0.25) is 16.8 Å². The molecule has 10 heteroatoms. The molecule has 1 fully saturated rings. The summed E-state index contributed by atoms with van der Waals surface area (Å²) in [5, 5.41) is 5.74. The molecule has 9 nitrogen and oxygen atoms in total. The second-order valence-electron chi connectivity index (χ2n) is 7.54. The number of carbonyl (C=O) groups is 1. The third-order valence-corrected chi connectivity index (χ3v) is 6.50. The zero-order valence-electron chi connectivity index (χ0n) is 17.2. The van der Waals surface area contributed by atoms with E-state index in [1.807, 2.05) is 24.3 Å². The molecule has 2 aromatic rings. The Labute approximate surface area is 181 Å². The first kappa shape index (κ1) is 21.3. The lowest BCUT2D eigenvalue weighted by atomic mass is 10.1. The Morgan fingerprint density at radius 2 is 1.90 bits per heavy atom. The zero-order chi connectivity index (χ0) is 21.8. The van der Waals surface area contributed by atoms with E-state index < -0.39 is 10.0 Å². The summed E-state index contributed by atoms with van der Waals surface area (Å²) in [5.74, 6) is 2.03. The molecule has 0 saturated carbocycles. The Hall–Kier alpha value is -2.98. The Kier molecular flexibility index (Phi) is 6.19. The molecule has 0 spiro atoms. The van der Waals surface area contributed by atoms with Crippen molar-refractivity contribution in [2.45, 2.75) is 25.5 Å². The molecule has 2 N–H and O–H groups in total. The third-order valence-electron chi connectivity index (χ3n) is 5.19. The number of nitrogens with zero attached hydrogens (tertiary/aromatic N) is 1. The minimum atomic E-state index is -3.18. The van der Waals surface area contributed by atoms with Crippen LogP contribution in [-0.2, 0) is 16.6 Å². The van der Waals surface area contributed by atoms with Crippen LogP contribution < -0.4 is 24.8 Å². The van der Waals surface area contributed by atoms with Crippen molar-refractivity contribution in [2.24, 2.45) is 0 Å². The van der Waals surface area contributed by atoms with E-state index in [1.165, 1.54) is 10.6 Å². The Balaban J connectivity index is 1.27. The molecule has 4 rings (SSSR count). The van der Waals surface area contributed by atoms with E-state index in [1.54, 1.807) is 18.2 Å². The normalized spacial score (nSPS) is 16.7. The van der Waals surface area contributed by atoms with Gasteiger partial charge < -0.3 is 24.8 Å². The van der Waals surface area contributed by atoms with E-state index in [-0.39, 0.29) is 18.9 Å². The molecule has 0 radical (unpaired) electrons. The molecule has 0 atom stereocenters. The summed E-state index contributed by atoms with van der Waals surface area (Å²) >= 11 is 0. The molecule has 0 unspecified atom stereocenters. The van der Waals surface area contributed by atoms with Gasteiger partial charge in [0.05, 0.1) is 6.26 Å². The number of benzene rings is 2. The van der Waals surface area contributed by atoms with Crippen molar-refractivity contribution in [3.63, 3.8) is 0 Å². The lowest BCUT2D eigenvalue weighted by Gasteiger charge is -2.30. The number of carbonyl (C=O) groups excluding carboxylic acids is 1. The van der Waals surface area contributed by atoms with Gasteiger partial charge in [-0.15, -0.1) is 0 Å². The number of piperidine rings is 1. The lowest BCUT2D eigenvalue weighted by molar-refractivity contribution is 0.173. The average Bonchev–Trinajstić information content (AvgIpc) is 3.20. The first-order chi connectivity index (χ1) is 14.9. The first-order valence-electron chi connectivity index (χ1n) is 10.0. The topological polar surface area (TPSA) is 106 Å². The monoisotopic (exact) mass is 447 g/mol. The number of fused-ring (bicyclic) bond motifs is 1. The van der Waals surface area contributed by atoms with Gasteiger partial charge in [0.25, 0.3) is 0 Å². The van der Waals surface area contributed by atoms with Crippen molar-refractivity contribution in [3.8, 4) is 17.2 Å². The fourth-order valence-electron chi connectivity index (χ4n) is 3.56. The van der Waals surface area contributed by atoms with Gasteiger partial charge in [-0.25, -0.2) is 17.5 Å². The quantitative estimate of drug-likeness (QED) is 0.705. The van der Waals surface area contributed by atoms with Gasteiger partial charge in [0.1, 0.15) is 12.4 Å². The molecule has 31 heavy (non-hydrogen) atoms. The van der Waals surface area contributed by atoms with Crippen LogP contribution in [0.1, 0.15) is 18.4 Å². The minimum Gasteiger partial charge on any atom is -0.489 e. The van der Waals surface area contributed by atoms with E-state index in [2.05, 4.69) is 10.6 Å². The van der Waals surface area contributed by atoms with Crippen molar-refractivity contribution in [1.29, 1.82) is 0 Å². The number of hydrogen-bond acceptors (Lipinski definition) is 6. The molecule has 166 valence electrons. The Morgan fingerprint density at radius 3 is 2.68 bits per heavy atom. The van der Waals surface area contributed by atoms with Crippen molar-refractivity contribution in [2.75, 3.05) is 31.5 Å². The third kappa shape index (κ3) is 5.59. The maximum absolute atomic E-state index is 12.3. The highest BCUT2D eigenvalue weighted by Gasteiger charge is 2.25. The summed E-state index contributed by atoms with van der Waals surface area (Å²) in [5.41, 5.74) is 1.55. The van der Waals surface area contributed by atoms with Gasteiger partial charge in [-0.2, -0.15) is 0 Å². The van der Waals surface area contributed by atoms with Gasteiger partial charge in [-0.3, -0.25) is 0 Å². The highest BCUT2D eigenvalue weighted by atomic mass is 32.2. The zero-order valence-corrected chi connectivity index (χ0v) is 18.0. The van der Waals surface area contributed by atoms with Gasteiger partial charge in [0.15, 0.2) is 11.5 Å². The maximum Gasteiger partial charge on any atom is 0.319 e. The standard InChI is InChI=1S/C21H25N3O6S/c1-31(26,27)24-9-7-16(8-10-24)22-21(25)23-17-4-2-3-15(11-17)13-28-18-5-6-19-20(12-18)30-14-29-19/h2-6,11-12,16H,7-10,13-14H2,1H3,(H2,22,23,25). The predicted molar refractivity (Wildman–Crippen MR) is 115 cm³/mol. The van der Waals surface area contributed by atoms with Crippen molar-refractivity contribution in [1.82, 2.24) is 9.62 Å². The molecule has 2 aliphatic heterocycles. The van der Waals surface area contributed by atoms with Crippen LogP contribution in [0.4, 0.5) is 10.5 Å². The van der Waals surface area contributed by atoms with Crippen molar-refractivity contribution >= 4 is 21.7 Å². The minimum absolute atomic E-state index is 0.0597. The molecule has 1 saturated heterocycles. The first-order valence-corrected chi connectivity index (χ1v) is 11.9. The molecular formula is C21H25N3O6S. The number of amides is 2. The number of rotatable bonds is 6. The van der Waals surface area contributed by atoms with E-state index >= 15 is 0 Å². The summed E-state index contributed by atoms with van der Waals surface area (Å²) in [6.45, 7) is 1.37. The smallest absolute Gasteiger partial charge is 0.319 e. The number of hydrogen-bond donors (Lipinski definition) is 2. The number of sulfonamides is 1. The number of anilines is 1. The summed E-state index contributed by atoms with van der Waals surface area (Å²) in [6.07, 6.45) is 2.38. The van der Waals surface area contributed by atoms with Crippen molar-refractivity contribution < 1.29 is 27.4 Å². The Morgan fingerprint density at radius 1 is 1.13 bits per heavy atom. The molecule has 2 aromatic carbocycles. The summed E-state index contributed by atoms with van der Waals surface area (Å²) < 4.78 is 41.1. The van der Waals surface area contributed by atoms with Crippen LogP contribution in [-0.4, -0.2) is 50.9 Å². The van der Waals surface area contributed by atoms with Gasteiger partial charge in [-0.05, 0) is 42.7 Å². The summed E-state index contributed by atoms with van der Waals surface area (Å²) in [6, 6.07) is 12.4. The van der Waals surface area contributed by atoms with Gasteiger partial charge >= 0.3 is 6.03 Å². The van der Waals surface area contributed by atoms with E-state index in [0.29, 0.717) is 55.5 Å². The van der Waals surface area contributed by atoms with Gasteiger partial charge in [0, 0.05) is 30.9 Å². The highest BCUT2D eigenvalue weighted by Crippen LogP contribution is 2.35. The average molecular weight is 448 g/mol.